The second-order valence-corrected chi connectivity index (χ2v) is 2.43. The first kappa shape index (κ1) is 6.15. The fraction of sp³-hybridized carbons (Fsp3) is 0.143. The van der Waals surface area contributed by atoms with Crippen molar-refractivity contribution in [1.82, 2.24) is 14.4 Å². The van der Waals surface area contributed by atoms with Crippen LogP contribution in [0.2, 0.25) is 0 Å². The molecule has 2 N–H and O–H groups in total. The molecule has 0 aromatic carbocycles. The molecule has 0 spiro atoms. The van der Waals surface area contributed by atoms with Crippen LogP contribution in [-0.4, -0.2) is 14.4 Å². The molecule has 4 heteroatoms. The Bertz CT molecular complexity index is 390. The molecule has 56 valence electrons. The minimum absolute atomic E-state index is 0.653. The standard InChI is InChI=1S/C7H8N4/c1-5-2-9-4-7-10-3-6(8)11(5)7/h2-4H,8H2,1H3. The Hall–Kier alpha value is -1.58. The van der Waals surface area contributed by atoms with E-state index in [-0.39, 0.29) is 0 Å². The summed E-state index contributed by atoms with van der Waals surface area (Å²) >= 11 is 0. The number of aryl methyl sites for hydroxylation is 1. The molecule has 2 heterocycles. The minimum Gasteiger partial charge on any atom is -0.383 e. The average molecular weight is 148 g/mol. The van der Waals surface area contributed by atoms with Crippen molar-refractivity contribution in [2.75, 3.05) is 5.73 Å². The van der Waals surface area contributed by atoms with Crippen LogP contribution < -0.4 is 5.73 Å². The van der Waals surface area contributed by atoms with Crippen molar-refractivity contribution in [2.45, 2.75) is 6.92 Å². The summed E-state index contributed by atoms with van der Waals surface area (Å²) in [5, 5.41) is 0. The molecule has 0 aliphatic carbocycles. The van der Waals surface area contributed by atoms with Crippen LogP contribution in [0.5, 0.6) is 0 Å². The summed E-state index contributed by atoms with van der Waals surface area (Å²) in [6, 6.07) is 0. The lowest BCUT2D eigenvalue weighted by atomic mass is 10.5. The number of nitrogens with zero attached hydrogens (tertiary/aromatic N) is 3. The van der Waals surface area contributed by atoms with E-state index in [1.165, 1.54) is 0 Å². The smallest absolute Gasteiger partial charge is 0.157 e. The highest BCUT2D eigenvalue weighted by molar-refractivity contribution is 5.47. The van der Waals surface area contributed by atoms with Crippen molar-refractivity contribution in [2.24, 2.45) is 0 Å². The lowest BCUT2D eigenvalue weighted by molar-refractivity contribution is 1.05. The maximum atomic E-state index is 5.65. The third-order valence-corrected chi connectivity index (χ3v) is 1.62. The van der Waals surface area contributed by atoms with Crippen molar-refractivity contribution >= 4 is 11.5 Å². The summed E-state index contributed by atoms with van der Waals surface area (Å²) in [6.45, 7) is 1.94. The molecular formula is C7H8N4. The van der Waals surface area contributed by atoms with Gasteiger partial charge in [-0.25, -0.2) is 4.98 Å². The summed E-state index contributed by atoms with van der Waals surface area (Å²) in [5.74, 6) is 0.653. The maximum Gasteiger partial charge on any atom is 0.157 e. The largest absolute Gasteiger partial charge is 0.383 e. The molecule has 0 fully saturated rings. The predicted molar refractivity (Wildman–Crippen MR) is 42.1 cm³/mol. The van der Waals surface area contributed by atoms with Gasteiger partial charge in [0.15, 0.2) is 5.65 Å². The highest BCUT2D eigenvalue weighted by atomic mass is 15.1. The molecule has 0 amide bonds. The maximum absolute atomic E-state index is 5.65. The molecule has 0 unspecified atom stereocenters. The lowest BCUT2D eigenvalue weighted by Gasteiger charge is -1.98. The second-order valence-electron chi connectivity index (χ2n) is 2.43. The van der Waals surface area contributed by atoms with E-state index in [0.717, 1.165) is 11.3 Å². The van der Waals surface area contributed by atoms with Crippen molar-refractivity contribution in [3.8, 4) is 0 Å². The number of hydrogen-bond donors (Lipinski definition) is 1. The number of anilines is 1. The van der Waals surface area contributed by atoms with E-state index in [0.29, 0.717) is 5.82 Å². The Labute approximate surface area is 63.7 Å². The quantitative estimate of drug-likeness (QED) is 0.595. The van der Waals surface area contributed by atoms with Crippen LogP contribution in [0.4, 0.5) is 5.82 Å². The second kappa shape index (κ2) is 1.95. The number of nitrogens with two attached hydrogens (primary N) is 1. The molecule has 0 aliphatic heterocycles. The van der Waals surface area contributed by atoms with Crippen LogP contribution >= 0.6 is 0 Å². The van der Waals surface area contributed by atoms with Gasteiger partial charge in [0.05, 0.1) is 12.4 Å². The Kier molecular flexibility index (Phi) is 1.09. The van der Waals surface area contributed by atoms with Gasteiger partial charge in [-0.2, -0.15) is 0 Å². The van der Waals surface area contributed by atoms with Gasteiger partial charge in [0.25, 0.3) is 0 Å². The van der Waals surface area contributed by atoms with E-state index in [9.17, 15) is 0 Å². The van der Waals surface area contributed by atoms with E-state index in [1.807, 2.05) is 11.3 Å². The number of nitrogen functional groups attached to an aromatic ring is 1. The van der Waals surface area contributed by atoms with Gasteiger partial charge in [-0.1, -0.05) is 0 Å². The number of rotatable bonds is 0. The first-order valence-electron chi connectivity index (χ1n) is 3.32. The van der Waals surface area contributed by atoms with Crippen molar-refractivity contribution in [1.29, 1.82) is 0 Å². The monoisotopic (exact) mass is 148 g/mol. The Balaban J connectivity index is 2.96. The minimum atomic E-state index is 0.653. The van der Waals surface area contributed by atoms with Gasteiger partial charge >= 0.3 is 0 Å². The summed E-state index contributed by atoms with van der Waals surface area (Å²) in [4.78, 5) is 8.04. The number of imidazole rings is 1. The molecule has 2 aromatic heterocycles. The third-order valence-electron chi connectivity index (χ3n) is 1.62. The van der Waals surface area contributed by atoms with Gasteiger partial charge in [0, 0.05) is 11.9 Å². The normalized spacial score (nSPS) is 10.6. The van der Waals surface area contributed by atoms with Gasteiger partial charge in [0.1, 0.15) is 5.82 Å². The van der Waals surface area contributed by atoms with Crippen LogP contribution in [0.1, 0.15) is 5.69 Å². The van der Waals surface area contributed by atoms with Crippen molar-refractivity contribution in [3.63, 3.8) is 0 Å². The Morgan fingerprint density at radius 2 is 2.18 bits per heavy atom. The Morgan fingerprint density at radius 3 is 2.91 bits per heavy atom. The molecule has 0 saturated heterocycles. The van der Waals surface area contributed by atoms with Gasteiger partial charge in [-0.15, -0.1) is 0 Å². The highest BCUT2D eigenvalue weighted by Gasteiger charge is 1.99. The topological polar surface area (TPSA) is 56.2 Å². The number of aromatic nitrogens is 3. The van der Waals surface area contributed by atoms with Crippen LogP contribution in [0.15, 0.2) is 18.6 Å². The summed E-state index contributed by atoms with van der Waals surface area (Å²) in [5.41, 5.74) is 7.44. The molecule has 2 aromatic rings. The molecule has 11 heavy (non-hydrogen) atoms. The first-order valence-corrected chi connectivity index (χ1v) is 3.32. The van der Waals surface area contributed by atoms with Crippen LogP contribution in [0.3, 0.4) is 0 Å². The van der Waals surface area contributed by atoms with E-state index in [4.69, 9.17) is 5.73 Å². The zero-order chi connectivity index (χ0) is 7.84. The van der Waals surface area contributed by atoms with Gasteiger partial charge in [0.2, 0.25) is 0 Å². The van der Waals surface area contributed by atoms with E-state index in [1.54, 1.807) is 18.6 Å². The molecule has 2 rings (SSSR count). The molecule has 4 nitrogen and oxygen atoms in total. The molecule has 0 atom stereocenters. The average Bonchev–Trinajstić information content (AvgIpc) is 2.34. The third kappa shape index (κ3) is 0.756. The van der Waals surface area contributed by atoms with Crippen molar-refractivity contribution < 1.29 is 0 Å². The SMILES string of the molecule is Cc1cncc2ncc(N)n12. The van der Waals surface area contributed by atoms with Crippen molar-refractivity contribution in [3.05, 3.63) is 24.3 Å². The van der Waals surface area contributed by atoms with Crippen LogP contribution in [0.25, 0.3) is 5.65 Å². The first-order chi connectivity index (χ1) is 5.29. The van der Waals surface area contributed by atoms with Crippen LogP contribution in [-0.2, 0) is 0 Å². The Morgan fingerprint density at radius 1 is 1.36 bits per heavy atom. The molecule has 0 saturated carbocycles. The highest BCUT2D eigenvalue weighted by Crippen LogP contribution is 2.08. The van der Waals surface area contributed by atoms with E-state index >= 15 is 0 Å². The zero-order valence-electron chi connectivity index (χ0n) is 6.15. The molecule has 0 aliphatic rings. The van der Waals surface area contributed by atoms with Gasteiger partial charge in [-0.3, -0.25) is 9.38 Å². The fourth-order valence-corrected chi connectivity index (χ4v) is 1.12. The van der Waals surface area contributed by atoms with Crippen LogP contribution in [0, 0.1) is 6.92 Å². The molecular weight excluding hydrogens is 140 g/mol. The van der Waals surface area contributed by atoms with E-state index < -0.39 is 0 Å². The molecule has 0 bridgehead atoms. The number of fused-ring (bicyclic) bond motifs is 1. The molecule has 0 radical (unpaired) electrons. The van der Waals surface area contributed by atoms with Gasteiger partial charge < -0.3 is 5.73 Å². The predicted octanol–water partition coefficient (Wildman–Crippen LogP) is 0.620. The summed E-state index contributed by atoms with van der Waals surface area (Å²) in [6.07, 6.45) is 5.07. The van der Waals surface area contributed by atoms with E-state index in [2.05, 4.69) is 9.97 Å². The van der Waals surface area contributed by atoms with Gasteiger partial charge in [-0.05, 0) is 6.92 Å². The fourth-order valence-electron chi connectivity index (χ4n) is 1.12. The zero-order valence-corrected chi connectivity index (χ0v) is 6.15. The summed E-state index contributed by atoms with van der Waals surface area (Å²) in [7, 11) is 0. The number of hydrogen-bond acceptors (Lipinski definition) is 3. The summed E-state index contributed by atoms with van der Waals surface area (Å²) < 4.78 is 1.85. The lowest BCUT2D eigenvalue weighted by Crippen LogP contribution is -1.96.